The first-order valence-electron chi connectivity index (χ1n) is 8.12. The van der Waals surface area contributed by atoms with Crippen molar-refractivity contribution < 1.29 is 4.42 Å². The van der Waals surface area contributed by atoms with Crippen LogP contribution in [0.25, 0.3) is 0 Å². The molecule has 0 unspecified atom stereocenters. The molecule has 0 radical (unpaired) electrons. The zero-order valence-corrected chi connectivity index (χ0v) is 16.2. The van der Waals surface area contributed by atoms with Gasteiger partial charge in [0.2, 0.25) is 5.89 Å². The van der Waals surface area contributed by atoms with E-state index in [2.05, 4.69) is 53.3 Å². The normalized spacial score (nSPS) is 12.5. The molecule has 2 aromatic rings. The van der Waals surface area contributed by atoms with Gasteiger partial charge in [0.15, 0.2) is 5.96 Å². The molecule has 0 saturated heterocycles. The second kappa shape index (κ2) is 7.79. The van der Waals surface area contributed by atoms with Crippen molar-refractivity contribution in [3.05, 3.63) is 33.4 Å². The Morgan fingerprint density at radius 3 is 2.58 bits per heavy atom. The summed E-state index contributed by atoms with van der Waals surface area (Å²) in [6.07, 6.45) is 2.73. The molecule has 0 aromatic carbocycles. The van der Waals surface area contributed by atoms with Crippen LogP contribution in [0.2, 0.25) is 0 Å². The summed E-state index contributed by atoms with van der Waals surface area (Å²) in [6.45, 7) is 11.7. The number of aliphatic imine (C=N–C) groups is 1. The topological polar surface area (TPSA) is 75.3 Å². The summed E-state index contributed by atoms with van der Waals surface area (Å²) in [5, 5.41) is 7.65. The van der Waals surface area contributed by atoms with Crippen LogP contribution in [0.1, 0.15) is 48.0 Å². The van der Waals surface area contributed by atoms with Gasteiger partial charge in [-0.15, -0.1) is 11.3 Å². The Hall–Kier alpha value is -1.89. The Morgan fingerprint density at radius 1 is 1.29 bits per heavy atom. The fraction of sp³-hybridized carbons (Fsp3) is 0.588. The number of hydrogen-bond acceptors (Lipinski definition) is 5. The monoisotopic (exact) mass is 349 g/mol. The van der Waals surface area contributed by atoms with Crippen LogP contribution in [-0.4, -0.2) is 29.5 Å². The van der Waals surface area contributed by atoms with E-state index in [9.17, 15) is 0 Å². The summed E-state index contributed by atoms with van der Waals surface area (Å²) in [5.74, 6) is 2.29. The van der Waals surface area contributed by atoms with Gasteiger partial charge in [0.25, 0.3) is 0 Å². The van der Waals surface area contributed by atoms with Crippen LogP contribution in [0, 0.1) is 13.8 Å². The molecule has 0 aliphatic rings. The van der Waals surface area contributed by atoms with Gasteiger partial charge in [0.1, 0.15) is 5.76 Å². The zero-order valence-electron chi connectivity index (χ0n) is 15.4. The minimum atomic E-state index is -0.0318. The summed E-state index contributed by atoms with van der Waals surface area (Å²) in [5.41, 5.74) is 1.09. The van der Waals surface area contributed by atoms with Gasteiger partial charge in [0.05, 0.1) is 23.4 Å². The maximum absolute atomic E-state index is 5.77. The molecular weight excluding hydrogens is 322 g/mol. The average molecular weight is 350 g/mol. The molecule has 2 rings (SSSR count). The number of thiazole rings is 1. The van der Waals surface area contributed by atoms with Crippen molar-refractivity contribution >= 4 is 17.3 Å². The Morgan fingerprint density at radius 2 is 2.04 bits per heavy atom. The van der Waals surface area contributed by atoms with Crippen LogP contribution in [0.3, 0.4) is 0 Å². The van der Waals surface area contributed by atoms with Crippen molar-refractivity contribution in [3.63, 3.8) is 0 Å². The van der Waals surface area contributed by atoms with E-state index in [1.165, 1.54) is 4.88 Å². The number of guanidine groups is 1. The van der Waals surface area contributed by atoms with E-state index in [4.69, 9.17) is 4.42 Å². The summed E-state index contributed by atoms with van der Waals surface area (Å²) in [7, 11) is 1.76. The predicted octanol–water partition coefficient (Wildman–Crippen LogP) is 2.95. The lowest BCUT2D eigenvalue weighted by atomic mass is 9.94. The first-order chi connectivity index (χ1) is 11.3. The smallest absolute Gasteiger partial charge is 0.213 e. The second-order valence-corrected chi connectivity index (χ2v) is 8.00. The molecule has 0 amide bonds. The first kappa shape index (κ1) is 18.4. The van der Waals surface area contributed by atoms with Crippen molar-refractivity contribution in [2.24, 2.45) is 4.99 Å². The average Bonchev–Trinajstić information content (AvgIpc) is 3.09. The van der Waals surface area contributed by atoms with E-state index < -0.39 is 0 Å². The van der Waals surface area contributed by atoms with E-state index in [0.29, 0.717) is 12.4 Å². The van der Waals surface area contributed by atoms with Crippen molar-refractivity contribution in [2.45, 2.75) is 53.0 Å². The SMILES string of the molecule is CN=C(NCCc1sc(C)nc1C)NCc1ncc(C(C)(C)C)o1. The fourth-order valence-electron chi connectivity index (χ4n) is 2.22. The van der Waals surface area contributed by atoms with Gasteiger partial charge in [-0.05, 0) is 13.8 Å². The highest BCUT2D eigenvalue weighted by molar-refractivity contribution is 7.11. The van der Waals surface area contributed by atoms with Gasteiger partial charge < -0.3 is 15.1 Å². The molecule has 0 fully saturated rings. The highest BCUT2D eigenvalue weighted by atomic mass is 32.1. The quantitative estimate of drug-likeness (QED) is 0.641. The molecule has 0 saturated carbocycles. The summed E-state index contributed by atoms with van der Waals surface area (Å²) >= 11 is 1.75. The zero-order chi connectivity index (χ0) is 17.7. The third-order valence-electron chi connectivity index (χ3n) is 3.57. The number of oxazole rings is 1. The molecule has 6 nitrogen and oxygen atoms in total. The lowest BCUT2D eigenvalue weighted by Crippen LogP contribution is -2.37. The van der Waals surface area contributed by atoms with Crippen LogP contribution in [0.15, 0.2) is 15.6 Å². The number of aromatic nitrogens is 2. The van der Waals surface area contributed by atoms with E-state index in [1.54, 1.807) is 24.6 Å². The minimum absolute atomic E-state index is 0.0318. The highest BCUT2D eigenvalue weighted by Gasteiger charge is 2.19. The molecule has 0 aliphatic carbocycles. The number of nitrogens with one attached hydrogen (secondary N) is 2. The van der Waals surface area contributed by atoms with Crippen LogP contribution >= 0.6 is 11.3 Å². The highest BCUT2D eigenvalue weighted by Crippen LogP contribution is 2.22. The molecule has 2 aromatic heterocycles. The second-order valence-electron chi connectivity index (χ2n) is 6.71. The van der Waals surface area contributed by atoms with Gasteiger partial charge in [0, 0.05) is 30.3 Å². The van der Waals surface area contributed by atoms with Crippen LogP contribution in [0.4, 0.5) is 0 Å². The minimum Gasteiger partial charge on any atom is -0.443 e. The van der Waals surface area contributed by atoms with Crippen LogP contribution < -0.4 is 10.6 Å². The fourth-order valence-corrected chi connectivity index (χ4v) is 3.16. The molecule has 2 heterocycles. The maximum Gasteiger partial charge on any atom is 0.213 e. The van der Waals surface area contributed by atoms with Crippen molar-refractivity contribution in [1.29, 1.82) is 0 Å². The molecule has 0 bridgehead atoms. The van der Waals surface area contributed by atoms with Gasteiger partial charge >= 0.3 is 0 Å². The summed E-state index contributed by atoms with van der Waals surface area (Å²) in [6, 6.07) is 0. The van der Waals surface area contributed by atoms with E-state index in [1.807, 2.05) is 6.92 Å². The molecule has 0 spiro atoms. The molecular formula is C17H27N5OS. The number of aryl methyl sites for hydroxylation is 2. The Bertz CT molecular complexity index is 696. The number of rotatable bonds is 5. The lowest BCUT2D eigenvalue weighted by molar-refractivity contribution is 0.379. The Kier molecular flexibility index (Phi) is 5.99. The third-order valence-corrected chi connectivity index (χ3v) is 4.70. The first-order valence-corrected chi connectivity index (χ1v) is 8.94. The van der Waals surface area contributed by atoms with Gasteiger partial charge in [-0.2, -0.15) is 0 Å². The van der Waals surface area contributed by atoms with Crippen LogP contribution in [-0.2, 0) is 18.4 Å². The van der Waals surface area contributed by atoms with Crippen LogP contribution in [0.5, 0.6) is 0 Å². The van der Waals surface area contributed by atoms with Gasteiger partial charge in [-0.1, -0.05) is 20.8 Å². The Labute approximate surface area is 147 Å². The van der Waals surface area contributed by atoms with E-state index in [0.717, 1.165) is 35.4 Å². The molecule has 132 valence electrons. The number of hydrogen-bond donors (Lipinski definition) is 2. The maximum atomic E-state index is 5.77. The van der Waals surface area contributed by atoms with E-state index in [-0.39, 0.29) is 5.41 Å². The van der Waals surface area contributed by atoms with E-state index >= 15 is 0 Å². The Balaban J connectivity index is 1.80. The molecule has 24 heavy (non-hydrogen) atoms. The molecule has 7 heteroatoms. The van der Waals surface area contributed by atoms with Crippen molar-refractivity contribution in [2.75, 3.05) is 13.6 Å². The molecule has 0 aliphatic heterocycles. The van der Waals surface area contributed by atoms with Gasteiger partial charge in [-0.25, -0.2) is 9.97 Å². The predicted molar refractivity (Wildman–Crippen MR) is 98.7 cm³/mol. The molecule has 0 atom stereocenters. The lowest BCUT2D eigenvalue weighted by Gasteiger charge is -2.13. The largest absolute Gasteiger partial charge is 0.443 e. The standard InChI is InChI=1S/C17H27N5OS/c1-11-13(24-12(2)22-11)7-8-19-16(18-6)21-10-15-20-9-14(23-15)17(3,4)5/h9H,7-8,10H2,1-6H3,(H2,18,19,21). The summed E-state index contributed by atoms with van der Waals surface area (Å²) in [4.78, 5) is 14.3. The molecule has 2 N–H and O–H groups in total. The number of nitrogens with zero attached hydrogens (tertiary/aromatic N) is 3. The van der Waals surface area contributed by atoms with Crippen molar-refractivity contribution in [1.82, 2.24) is 20.6 Å². The van der Waals surface area contributed by atoms with Gasteiger partial charge in [-0.3, -0.25) is 4.99 Å². The summed E-state index contributed by atoms with van der Waals surface area (Å²) < 4.78 is 5.77. The van der Waals surface area contributed by atoms with Crippen molar-refractivity contribution in [3.8, 4) is 0 Å². The third kappa shape index (κ3) is 5.06.